The summed E-state index contributed by atoms with van der Waals surface area (Å²) in [7, 11) is -3.70. The Hall–Kier alpha value is -3.15. The van der Waals surface area contributed by atoms with Crippen molar-refractivity contribution >= 4 is 26.7 Å². The first-order valence-electron chi connectivity index (χ1n) is 11.3. The molecular formula is C24H26N6O3S2. The van der Waals surface area contributed by atoms with Gasteiger partial charge in [0, 0.05) is 56.1 Å². The van der Waals surface area contributed by atoms with Gasteiger partial charge in [0.1, 0.15) is 5.82 Å². The molecule has 1 aliphatic heterocycles. The smallest absolute Gasteiger partial charge is 0.247 e. The fourth-order valence-electron chi connectivity index (χ4n) is 4.14. The van der Waals surface area contributed by atoms with Crippen LogP contribution in [0.5, 0.6) is 0 Å². The van der Waals surface area contributed by atoms with Gasteiger partial charge in [-0.2, -0.15) is 8.68 Å². The Morgan fingerprint density at radius 2 is 1.89 bits per heavy atom. The van der Waals surface area contributed by atoms with Gasteiger partial charge in [-0.1, -0.05) is 35.9 Å². The average Bonchev–Trinajstić information content (AvgIpc) is 3.49. The summed E-state index contributed by atoms with van der Waals surface area (Å²) < 4.78 is 38.5. The van der Waals surface area contributed by atoms with Gasteiger partial charge in [-0.05, 0) is 37.6 Å². The van der Waals surface area contributed by atoms with Crippen LogP contribution < -0.4 is 4.90 Å². The van der Waals surface area contributed by atoms with E-state index in [9.17, 15) is 8.42 Å². The van der Waals surface area contributed by atoms with Crippen LogP contribution in [0.25, 0.3) is 11.5 Å². The molecule has 2 aromatic heterocycles. The average molecular weight is 511 g/mol. The predicted molar refractivity (Wildman–Crippen MR) is 134 cm³/mol. The van der Waals surface area contributed by atoms with Gasteiger partial charge in [-0.3, -0.25) is 0 Å². The van der Waals surface area contributed by atoms with Crippen LogP contribution in [-0.2, 0) is 16.4 Å². The first kappa shape index (κ1) is 23.6. The Balaban J connectivity index is 1.28. The van der Waals surface area contributed by atoms with Gasteiger partial charge >= 0.3 is 0 Å². The SMILES string of the molecule is Cc1ccc(Cc2nsc(N3CCN(S(=O)(=O)c4cccc(-c5nnc(C)o5)c4)C(C)C3)n2)cc1. The van der Waals surface area contributed by atoms with Crippen molar-refractivity contribution in [3.05, 3.63) is 71.4 Å². The second-order valence-corrected chi connectivity index (χ2v) is 11.3. The van der Waals surface area contributed by atoms with E-state index >= 15 is 0 Å². The molecule has 1 fully saturated rings. The minimum Gasteiger partial charge on any atom is -0.421 e. The van der Waals surface area contributed by atoms with E-state index in [4.69, 9.17) is 9.40 Å². The maximum absolute atomic E-state index is 13.5. The number of piperazine rings is 1. The van der Waals surface area contributed by atoms with E-state index in [-0.39, 0.29) is 10.9 Å². The highest BCUT2D eigenvalue weighted by atomic mass is 32.2. The molecule has 5 rings (SSSR count). The van der Waals surface area contributed by atoms with Crippen LogP contribution in [0.4, 0.5) is 5.13 Å². The number of hydrogen-bond donors (Lipinski definition) is 0. The van der Waals surface area contributed by atoms with Gasteiger partial charge in [0.25, 0.3) is 0 Å². The first-order valence-corrected chi connectivity index (χ1v) is 13.6. The van der Waals surface area contributed by atoms with E-state index in [0.717, 1.165) is 11.0 Å². The van der Waals surface area contributed by atoms with Crippen LogP contribution in [0.1, 0.15) is 29.8 Å². The summed E-state index contributed by atoms with van der Waals surface area (Å²) in [6.07, 6.45) is 0.677. The molecule has 0 amide bonds. The number of aromatic nitrogens is 4. The molecule has 35 heavy (non-hydrogen) atoms. The maximum Gasteiger partial charge on any atom is 0.247 e. The van der Waals surface area contributed by atoms with Crippen molar-refractivity contribution in [1.29, 1.82) is 0 Å². The molecule has 1 unspecified atom stereocenters. The molecule has 4 aromatic rings. The lowest BCUT2D eigenvalue weighted by Gasteiger charge is -2.38. The van der Waals surface area contributed by atoms with Crippen LogP contribution in [-0.4, -0.2) is 58.0 Å². The molecule has 0 spiro atoms. The molecule has 1 saturated heterocycles. The van der Waals surface area contributed by atoms with Crippen molar-refractivity contribution in [2.45, 2.75) is 38.1 Å². The first-order chi connectivity index (χ1) is 16.8. The number of aryl methyl sites for hydroxylation is 2. The zero-order chi connectivity index (χ0) is 24.6. The van der Waals surface area contributed by atoms with Crippen LogP contribution in [0.15, 0.2) is 57.8 Å². The molecule has 0 radical (unpaired) electrons. The van der Waals surface area contributed by atoms with Gasteiger partial charge < -0.3 is 9.32 Å². The minimum absolute atomic E-state index is 0.211. The summed E-state index contributed by atoms with van der Waals surface area (Å²) in [5.74, 6) is 1.51. The Bertz CT molecular complexity index is 1430. The summed E-state index contributed by atoms with van der Waals surface area (Å²) in [4.78, 5) is 7.05. The number of rotatable bonds is 6. The summed E-state index contributed by atoms with van der Waals surface area (Å²) >= 11 is 1.36. The van der Waals surface area contributed by atoms with Gasteiger partial charge in [-0.15, -0.1) is 10.2 Å². The second-order valence-electron chi connectivity index (χ2n) is 8.72. The fourth-order valence-corrected chi connectivity index (χ4v) is 6.52. The van der Waals surface area contributed by atoms with Crippen LogP contribution in [0.3, 0.4) is 0 Å². The van der Waals surface area contributed by atoms with Crippen LogP contribution in [0, 0.1) is 13.8 Å². The van der Waals surface area contributed by atoms with E-state index < -0.39 is 10.0 Å². The zero-order valence-corrected chi connectivity index (χ0v) is 21.4. The van der Waals surface area contributed by atoms with Crippen molar-refractivity contribution in [3.8, 4) is 11.5 Å². The highest BCUT2D eigenvalue weighted by Crippen LogP contribution is 2.28. The van der Waals surface area contributed by atoms with Gasteiger partial charge in [0.2, 0.25) is 26.9 Å². The molecule has 0 bridgehead atoms. The largest absolute Gasteiger partial charge is 0.421 e. The van der Waals surface area contributed by atoms with Crippen molar-refractivity contribution in [2.24, 2.45) is 0 Å². The molecule has 9 nitrogen and oxygen atoms in total. The Labute approximate surface area is 208 Å². The number of benzene rings is 2. The Morgan fingerprint density at radius 1 is 1.09 bits per heavy atom. The third kappa shape index (κ3) is 4.97. The standard InChI is InChI=1S/C24H26N6O3S2/c1-16-7-9-19(10-8-16)13-22-25-24(34-28-22)29-11-12-30(17(2)15-29)35(31,32)21-6-4-5-20(14-21)23-27-26-18(3)33-23/h4-10,14,17H,11-13,15H2,1-3H3. The molecule has 3 heterocycles. The van der Waals surface area contributed by atoms with Gasteiger partial charge in [-0.25, -0.2) is 13.4 Å². The molecule has 0 aliphatic carbocycles. The molecule has 0 saturated carbocycles. The summed E-state index contributed by atoms with van der Waals surface area (Å²) in [6.45, 7) is 7.13. The topological polar surface area (TPSA) is 105 Å². The van der Waals surface area contributed by atoms with Crippen LogP contribution >= 0.6 is 11.5 Å². The normalized spacial score (nSPS) is 17.1. The fraction of sp³-hybridized carbons (Fsp3) is 0.333. The quantitative estimate of drug-likeness (QED) is 0.387. The van der Waals surface area contributed by atoms with E-state index in [1.165, 1.54) is 22.7 Å². The zero-order valence-electron chi connectivity index (χ0n) is 19.7. The maximum atomic E-state index is 13.5. The number of nitrogens with zero attached hydrogens (tertiary/aromatic N) is 6. The third-order valence-electron chi connectivity index (χ3n) is 5.99. The number of anilines is 1. The second kappa shape index (κ2) is 9.48. The molecule has 11 heteroatoms. The monoisotopic (exact) mass is 510 g/mol. The summed E-state index contributed by atoms with van der Waals surface area (Å²) in [5, 5.41) is 8.65. The summed E-state index contributed by atoms with van der Waals surface area (Å²) in [6, 6.07) is 14.8. The molecular weight excluding hydrogens is 484 g/mol. The van der Waals surface area contributed by atoms with Crippen molar-refractivity contribution in [3.63, 3.8) is 0 Å². The molecule has 1 aliphatic rings. The molecule has 2 aromatic carbocycles. The van der Waals surface area contributed by atoms with Gasteiger partial charge in [0.15, 0.2) is 0 Å². The Morgan fingerprint density at radius 3 is 2.60 bits per heavy atom. The van der Waals surface area contributed by atoms with Gasteiger partial charge in [0.05, 0.1) is 4.90 Å². The number of sulfonamides is 1. The lowest BCUT2D eigenvalue weighted by atomic mass is 10.1. The highest BCUT2D eigenvalue weighted by Gasteiger charge is 2.35. The number of hydrogen-bond acceptors (Lipinski definition) is 9. The van der Waals surface area contributed by atoms with E-state index in [1.54, 1.807) is 35.5 Å². The van der Waals surface area contributed by atoms with Crippen molar-refractivity contribution < 1.29 is 12.8 Å². The molecule has 0 N–H and O–H groups in total. The molecule has 1 atom stereocenters. The van der Waals surface area contributed by atoms with E-state index in [0.29, 0.717) is 43.4 Å². The lowest BCUT2D eigenvalue weighted by molar-refractivity contribution is 0.306. The van der Waals surface area contributed by atoms with Crippen LogP contribution in [0.2, 0.25) is 0 Å². The Kier molecular flexibility index (Phi) is 6.39. The lowest BCUT2D eigenvalue weighted by Crippen LogP contribution is -2.54. The predicted octanol–water partition coefficient (Wildman–Crippen LogP) is 3.70. The minimum atomic E-state index is -3.70. The summed E-state index contributed by atoms with van der Waals surface area (Å²) in [5.41, 5.74) is 2.97. The van der Waals surface area contributed by atoms with Crippen molar-refractivity contribution in [1.82, 2.24) is 23.9 Å². The third-order valence-corrected chi connectivity index (χ3v) is 8.82. The van der Waals surface area contributed by atoms with E-state index in [1.807, 2.05) is 6.92 Å². The molecule has 182 valence electrons. The highest BCUT2D eigenvalue weighted by molar-refractivity contribution is 7.89. The van der Waals surface area contributed by atoms with Crippen molar-refractivity contribution in [2.75, 3.05) is 24.5 Å². The van der Waals surface area contributed by atoms with E-state index in [2.05, 4.69) is 50.7 Å².